The molecule has 1 rings (SSSR count). The van der Waals surface area contributed by atoms with Crippen molar-refractivity contribution in [3.05, 3.63) is 35.6 Å². The third-order valence-electron chi connectivity index (χ3n) is 3.77. The number of benzene rings is 1. The second-order valence-electron chi connectivity index (χ2n) is 5.72. The van der Waals surface area contributed by atoms with Crippen LogP contribution in [0.25, 0.3) is 0 Å². The van der Waals surface area contributed by atoms with E-state index in [1.54, 1.807) is 24.0 Å². The Labute approximate surface area is 137 Å². The molecule has 23 heavy (non-hydrogen) atoms. The zero-order chi connectivity index (χ0) is 17.2. The molecule has 0 aliphatic rings. The van der Waals surface area contributed by atoms with Gasteiger partial charge in [-0.25, -0.2) is 4.39 Å². The molecule has 0 aliphatic heterocycles. The van der Waals surface area contributed by atoms with Crippen LogP contribution in [0, 0.1) is 11.7 Å². The summed E-state index contributed by atoms with van der Waals surface area (Å²) in [6.45, 7) is 4.56. The van der Waals surface area contributed by atoms with Gasteiger partial charge in [-0.1, -0.05) is 45.2 Å². The first-order valence-corrected chi connectivity index (χ1v) is 8.12. The van der Waals surface area contributed by atoms with Crippen molar-refractivity contribution in [1.29, 1.82) is 0 Å². The van der Waals surface area contributed by atoms with E-state index in [1.165, 1.54) is 19.2 Å². The van der Waals surface area contributed by atoms with Crippen molar-refractivity contribution in [3.8, 4) is 0 Å². The smallest absolute Gasteiger partial charge is 0.310 e. The monoisotopic (exact) mass is 323 g/mol. The predicted octanol–water partition coefficient (Wildman–Crippen LogP) is 3.66. The zero-order valence-corrected chi connectivity index (χ0v) is 14.2. The summed E-state index contributed by atoms with van der Waals surface area (Å²) in [6.07, 6.45) is 4.03. The van der Waals surface area contributed by atoms with E-state index >= 15 is 0 Å². The van der Waals surface area contributed by atoms with Gasteiger partial charge in [0, 0.05) is 13.1 Å². The number of methoxy groups -OCH3 is 1. The summed E-state index contributed by atoms with van der Waals surface area (Å²) >= 11 is 0. The van der Waals surface area contributed by atoms with Gasteiger partial charge in [0.15, 0.2) is 0 Å². The van der Waals surface area contributed by atoms with Crippen LogP contribution in [0.4, 0.5) is 4.39 Å². The largest absolute Gasteiger partial charge is 0.469 e. The number of ether oxygens (including phenoxy) is 1. The van der Waals surface area contributed by atoms with Crippen molar-refractivity contribution in [2.24, 2.45) is 5.92 Å². The third-order valence-corrected chi connectivity index (χ3v) is 3.77. The van der Waals surface area contributed by atoms with E-state index in [-0.39, 0.29) is 24.0 Å². The van der Waals surface area contributed by atoms with Crippen LogP contribution in [0.1, 0.15) is 49.9 Å². The molecule has 0 N–H and O–H groups in total. The molecule has 1 amide bonds. The minimum Gasteiger partial charge on any atom is -0.469 e. The number of hydrogen-bond acceptors (Lipinski definition) is 3. The Morgan fingerprint density at radius 1 is 1.22 bits per heavy atom. The van der Waals surface area contributed by atoms with Gasteiger partial charge >= 0.3 is 5.97 Å². The van der Waals surface area contributed by atoms with Crippen molar-refractivity contribution in [2.45, 2.75) is 39.5 Å². The Kier molecular flexibility index (Phi) is 8.30. The average molecular weight is 323 g/mol. The molecule has 0 aliphatic carbocycles. The Bertz CT molecular complexity index is 519. The van der Waals surface area contributed by atoms with E-state index in [4.69, 9.17) is 4.74 Å². The number of unbranched alkanes of at least 4 members (excludes halogenated alkanes) is 3. The molecule has 0 aromatic heterocycles. The van der Waals surface area contributed by atoms with Crippen LogP contribution in [-0.4, -0.2) is 37.0 Å². The fourth-order valence-electron chi connectivity index (χ4n) is 2.42. The number of esters is 1. The van der Waals surface area contributed by atoms with E-state index in [2.05, 4.69) is 6.92 Å². The molecule has 0 fully saturated rings. The number of rotatable bonds is 9. The Balaban J connectivity index is 2.82. The zero-order valence-electron chi connectivity index (χ0n) is 14.2. The molecule has 0 bridgehead atoms. The maximum Gasteiger partial charge on any atom is 0.310 e. The minimum absolute atomic E-state index is 0.0417. The number of amides is 1. The van der Waals surface area contributed by atoms with Gasteiger partial charge in [0.05, 0.1) is 18.6 Å². The van der Waals surface area contributed by atoms with E-state index in [1.807, 2.05) is 0 Å². The molecule has 128 valence electrons. The predicted molar refractivity (Wildman–Crippen MR) is 87.6 cm³/mol. The standard InChI is InChI=1S/C18H26FNO3/c1-4-5-6-9-12-20(13-14(2)18(22)23-3)17(21)15-10-7-8-11-16(15)19/h7-8,10-11,14H,4-6,9,12-13H2,1-3H3. The lowest BCUT2D eigenvalue weighted by molar-refractivity contribution is -0.145. The van der Waals surface area contributed by atoms with Crippen LogP contribution in [0.2, 0.25) is 0 Å². The van der Waals surface area contributed by atoms with Crippen molar-refractivity contribution in [1.82, 2.24) is 4.90 Å². The molecule has 0 heterocycles. The Hall–Kier alpha value is -1.91. The number of carbonyl (C=O) groups excluding carboxylic acids is 2. The first kappa shape index (κ1) is 19.1. The molecule has 0 saturated carbocycles. The highest BCUT2D eigenvalue weighted by atomic mass is 19.1. The van der Waals surface area contributed by atoms with Crippen LogP contribution in [-0.2, 0) is 9.53 Å². The maximum absolute atomic E-state index is 13.9. The van der Waals surface area contributed by atoms with Gasteiger partial charge in [0.2, 0.25) is 0 Å². The molecular formula is C18H26FNO3. The van der Waals surface area contributed by atoms with Gasteiger partial charge in [0.1, 0.15) is 5.82 Å². The van der Waals surface area contributed by atoms with Crippen LogP contribution < -0.4 is 0 Å². The topological polar surface area (TPSA) is 46.6 Å². The number of halogens is 1. The molecule has 0 saturated heterocycles. The molecule has 1 aromatic rings. The van der Waals surface area contributed by atoms with E-state index in [0.29, 0.717) is 6.54 Å². The summed E-state index contributed by atoms with van der Waals surface area (Å²) in [4.78, 5) is 25.8. The lowest BCUT2D eigenvalue weighted by Crippen LogP contribution is -2.38. The minimum atomic E-state index is -0.540. The molecule has 4 nitrogen and oxygen atoms in total. The van der Waals surface area contributed by atoms with Crippen molar-refractivity contribution in [2.75, 3.05) is 20.2 Å². The first-order chi connectivity index (χ1) is 11.0. The summed E-state index contributed by atoms with van der Waals surface area (Å²) < 4.78 is 18.6. The Morgan fingerprint density at radius 2 is 1.91 bits per heavy atom. The van der Waals surface area contributed by atoms with Crippen LogP contribution in [0.5, 0.6) is 0 Å². The first-order valence-electron chi connectivity index (χ1n) is 8.12. The van der Waals surface area contributed by atoms with Crippen molar-refractivity contribution >= 4 is 11.9 Å². The van der Waals surface area contributed by atoms with Gasteiger partial charge in [0.25, 0.3) is 5.91 Å². The summed E-state index contributed by atoms with van der Waals surface area (Å²) in [5.74, 6) is -1.73. The molecule has 0 radical (unpaired) electrons. The highest BCUT2D eigenvalue weighted by Crippen LogP contribution is 2.14. The fraction of sp³-hybridized carbons (Fsp3) is 0.556. The number of carbonyl (C=O) groups is 2. The molecule has 5 heteroatoms. The van der Waals surface area contributed by atoms with Crippen LogP contribution in [0.15, 0.2) is 24.3 Å². The highest BCUT2D eigenvalue weighted by Gasteiger charge is 2.23. The second kappa shape index (κ2) is 9.98. The van der Waals surface area contributed by atoms with E-state index < -0.39 is 11.7 Å². The van der Waals surface area contributed by atoms with Crippen molar-refractivity contribution in [3.63, 3.8) is 0 Å². The lowest BCUT2D eigenvalue weighted by atomic mass is 10.1. The number of nitrogens with zero attached hydrogens (tertiary/aromatic N) is 1. The van der Waals surface area contributed by atoms with Crippen LogP contribution in [0.3, 0.4) is 0 Å². The Morgan fingerprint density at radius 3 is 2.52 bits per heavy atom. The highest BCUT2D eigenvalue weighted by molar-refractivity contribution is 5.94. The SMILES string of the molecule is CCCCCCN(CC(C)C(=O)OC)C(=O)c1ccccc1F. The maximum atomic E-state index is 13.9. The molecular weight excluding hydrogens is 297 g/mol. The summed E-state index contributed by atoms with van der Waals surface area (Å²) in [7, 11) is 1.32. The normalized spacial score (nSPS) is 11.8. The molecule has 1 atom stereocenters. The molecule has 1 unspecified atom stereocenters. The average Bonchev–Trinajstić information content (AvgIpc) is 2.56. The van der Waals surface area contributed by atoms with Gasteiger partial charge in [-0.05, 0) is 18.6 Å². The third kappa shape index (κ3) is 6.00. The van der Waals surface area contributed by atoms with Gasteiger partial charge in [-0.15, -0.1) is 0 Å². The van der Waals surface area contributed by atoms with E-state index in [9.17, 15) is 14.0 Å². The van der Waals surface area contributed by atoms with Crippen LogP contribution >= 0.6 is 0 Å². The van der Waals surface area contributed by atoms with E-state index in [0.717, 1.165) is 25.7 Å². The fourth-order valence-corrected chi connectivity index (χ4v) is 2.42. The second-order valence-corrected chi connectivity index (χ2v) is 5.72. The molecule has 0 spiro atoms. The van der Waals surface area contributed by atoms with Gasteiger partial charge in [-0.3, -0.25) is 9.59 Å². The molecule has 1 aromatic carbocycles. The summed E-state index contributed by atoms with van der Waals surface area (Å²) in [5, 5.41) is 0. The quantitative estimate of drug-likeness (QED) is 0.515. The summed E-state index contributed by atoms with van der Waals surface area (Å²) in [6, 6.07) is 5.93. The van der Waals surface area contributed by atoms with Gasteiger partial charge in [-0.2, -0.15) is 0 Å². The number of hydrogen-bond donors (Lipinski definition) is 0. The summed E-state index contributed by atoms with van der Waals surface area (Å²) in [5.41, 5.74) is 0.0417. The van der Waals surface area contributed by atoms with Gasteiger partial charge < -0.3 is 9.64 Å². The van der Waals surface area contributed by atoms with Crippen molar-refractivity contribution < 1.29 is 18.7 Å². The lowest BCUT2D eigenvalue weighted by Gasteiger charge is -2.25.